The fourth-order valence-electron chi connectivity index (χ4n) is 3.14. The molecule has 4 rings (SSSR count). The lowest BCUT2D eigenvalue weighted by atomic mass is 10.1. The van der Waals surface area contributed by atoms with Crippen molar-refractivity contribution >= 4 is 17.7 Å². The molecule has 27 heavy (non-hydrogen) atoms. The van der Waals surface area contributed by atoms with Crippen molar-refractivity contribution in [3.05, 3.63) is 35.7 Å². The second kappa shape index (κ2) is 7.92. The lowest BCUT2D eigenvalue weighted by Gasteiger charge is -2.13. The summed E-state index contributed by atoms with van der Waals surface area (Å²) < 4.78 is 7.46. The predicted octanol–water partition coefficient (Wildman–Crippen LogP) is 3.34. The van der Waals surface area contributed by atoms with E-state index in [9.17, 15) is 4.79 Å². The molecule has 2 aromatic rings. The number of methoxy groups -OCH3 is 1. The second-order valence-corrected chi connectivity index (χ2v) is 8.67. The normalized spacial score (nSPS) is 17.6. The Hall–Kier alpha value is -2.02. The number of hydrogen-bond acceptors (Lipinski definition) is 5. The molecule has 0 unspecified atom stereocenters. The number of amides is 1. The molecule has 144 valence electrons. The molecule has 1 N–H and O–H groups in total. The van der Waals surface area contributed by atoms with Gasteiger partial charge in [-0.15, -0.1) is 10.2 Å². The fourth-order valence-corrected chi connectivity index (χ4v) is 4.09. The summed E-state index contributed by atoms with van der Waals surface area (Å²) >= 11 is 1.52. The molecule has 1 heterocycles. The van der Waals surface area contributed by atoms with Gasteiger partial charge < -0.3 is 14.6 Å². The van der Waals surface area contributed by atoms with E-state index in [4.69, 9.17) is 4.74 Å². The number of hydrogen-bond donors (Lipinski definition) is 1. The molecule has 7 heteroatoms. The second-order valence-electron chi connectivity index (χ2n) is 7.37. The Labute approximate surface area is 164 Å². The number of carbonyl (C=O) groups excluding carboxylic acids is 1. The Morgan fingerprint density at radius 1 is 1.26 bits per heavy atom. The lowest BCUT2D eigenvalue weighted by Crippen LogP contribution is -2.32. The summed E-state index contributed by atoms with van der Waals surface area (Å²) in [5.41, 5.74) is 1.18. The minimum Gasteiger partial charge on any atom is -0.497 e. The zero-order valence-corrected chi connectivity index (χ0v) is 16.7. The molecule has 0 radical (unpaired) electrons. The quantitative estimate of drug-likeness (QED) is 0.670. The van der Waals surface area contributed by atoms with Gasteiger partial charge in [0.2, 0.25) is 5.91 Å². The number of nitrogens with one attached hydrogen (secondary N) is 1. The van der Waals surface area contributed by atoms with Gasteiger partial charge in [0.05, 0.1) is 12.4 Å². The van der Waals surface area contributed by atoms with Gasteiger partial charge in [-0.05, 0) is 56.7 Å². The number of rotatable bonds is 9. The average Bonchev–Trinajstić information content (AvgIpc) is 3.61. The number of benzene rings is 1. The van der Waals surface area contributed by atoms with Crippen LogP contribution in [0.1, 0.15) is 56.0 Å². The third kappa shape index (κ3) is 4.46. The molecular weight excluding hydrogens is 360 g/mol. The summed E-state index contributed by atoms with van der Waals surface area (Å²) in [6.45, 7) is 2.56. The standard InChI is InChI=1S/C20H26N4O2S/c1-13(19(25)21-12-11-14-3-9-17(26-2)10-4-14)27-20-23-22-18(15-5-6-15)24(20)16-7-8-16/h3-4,9-10,13,15-16H,5-8,11-12H2,1-2H3,(H,21,25)/t13-/m1/s1. The van der Waals surface area contributed by atoms with Crippen LogP contribution in [0.2, 0.25) is 0 Å². The monoisotopic (exact) mass is 386 g/mol. The van der Waals surface area contributed by atoms with Gasteiger partial charge in [0.15, 0.2) is 5.16 Å². The van der Waals surface area contributed by atoms with Crippen LogP contribution in [0.4, 0.5) is 0 Å². The van der Waals surface area contributed by atoms with Crippen molar-refractivity contribution < 1.29 is 9.53 Å². The first-order valence-corrected chi connectivity index (χ1v) is 10.6. The third-order valence-electron chi connectivity index (χ3n) is 5.07. The highest BCUT2D eigenvalue weighted by atomic mass is 32.2. The maximum atomic E-state index is 12.5. The van der Waals surface area contributed by atoms with E-state index in [2.05, 4.69) is 20.1 Å². The molecule has 0 aliphatic heterocycles. The van der Waals surface area contributed by atoms with Crippen LogP contribution in [0.25, 0.3) is 0 Å². The summed E-state index contributed by atoms with van der Waals surface area (Å²) in [4.78, 5) is 12.5. The zero-order valence-electron chi connectivity index (χ0n) is 15.9. The van der Waals surface area contributed by atoms with E-state index in [1.54, 1.807) is 7.11 Å². The molecule has 1 aromatic carbocycles. The fraction of sp³-hybridized carbons (Fsp3) is 0.550. The Kier molecular flexibility index (Phi) is 5.38. The van der Waals surface area contributed by atoms with Crippen molar-refractivity contribution in [1.82, 2.24) is 20.1 Å². The Morgan fingerprint density at radius 3 is 2.63 bits per heavy atom. The van der Waals surface area contributed by atoms with Crippen molar-refractivity contribution in [1.29, 1.82) is 0 Å². The average molecular weight is 387 g/mol. The van der Waals surface area contributed by atoms with Crippen LogP contribution in [0.15, 0.2) is 29.4 Å². The van der Waals surface area contributed by atoms with Crippen LogP contribution in [-0.2, 0) is 11.2 Å². The van der Waals surface area contributed by atoms with Gasteiger partial charge >= 0.3 is 0 Å². The van der Waals surface area contributed by atoms with Crippen LogP contribution in [-0.4, -0.2) is 39.6 Å². The van der Waals surface area contributed by atoms with E-state index in [1.807, 2.05) is 31.2 Å². The number of aromatic nitrogens is 3. The van der Waals surface area contributed by atoms with Gasteiger partial charge in [-0.2, -0.15) is 0 Å². The summed E-state index contributed by atoms with van der Waals surface area (Å²) in [6.07, 6.45) is 5.65. The number of thioether (sulfide) groups is 1. The predicted molar refractivity (Wildman–Crippen MR) is 105 cm³/mol. The topological polar surface area (TPSA) is 69.0 Å². The van der Waals surface area contributed by atoms with Crippen LogP contribution in [0.5, 0.6) is 5.75 Å². The molecule has 2 aliphatic carbocycles. The first-order chi connectivity index (χ1) is 13.2. The van der Waals surface area contributed by atoms with Crippen LogP contribution in [0, 0.1) is 0 Å². The van der Waals surface area contributed by atoms with Crippen molar-refractivity contribution in [2.75, 3.05) is 13.7 Å². The van der Waals surface area contributed by atoms with Gasteiger partial charge in [-0.1, -0.05) is 23.9 Å². The molecule has 1 amide bonds. The molecule has 2 saturated carbocycles. The Bertz CT molecular complexity index is 797. The van der Waals surface area contributed by atoms with Crippen molar-refractivity contribution in [2.45, 2.75) is 61.4 Å². The molecule has 0 spiro atoms. The summed E-state index contributed by atoms with van der Waals surface area (Å²) in [7, 11) is 1.66. The molecule has 0 saturated heterocycles. The molecule has 2 aliphatic rings. The van der Waals surface area contributed by atoms with Gasteiger partial charge in [-0.25, -0.2) is 0 Å². The van der Waals surface area contributed by atoms with Gasteiger partial charge in [0.25, 0.3) is 0 Å². The summed E-state index contributed by atoms with van der Waals surface area (Å²) in [6, 6.07) is 8.49. The Morgan fingerprint density at radius 2 is 2.00 bits per heavy atom. The van der Waals surface area contributed by atoms with Crippen LogP contribution >= 0.6 is 11.8 Å². The van der Waals surface area contributed by atoms with Crippen LogP contribution in [0.3, 0.4) is 0 Å². The molecule has 6 nitrogen and oxygen atoms in total. The lowest BCUT2D eigenvalue weighted by molar-refractivity contribution is -0.120. The summed E-state index contributed by atoms with van der Waals surface area (Å²) in [5, 5.41) is 12.6. The highest BCUT2D eigenvalue weighted by molar-refractivity contribution is 8.00. The van der Waals surface area contributed by atoms with Crippen molar-refractivity contribution in [3.8, 4) is 5.75 Å². The van der Waals surface area contributed by atoms with Gasteiger partial charge in [0.1, 0.15) is 11.6 Å². The van der Waals surface area contributed by atoms with E-state index in [0.29, 0.717) is 18.5 Å². The highest BCUT2D eigenvalue weighted by Gasteiger charge is 2.37. The van der Waals surface area contributed by atoms with E-state index < -0.39 is 0 Å². The molecule has 1 aromatic heterocycles. The maximum Gasteiger partial charge on any atom is 0.233 e. The first-order valence-electron chi connectivity index (χ1n) is 9.68. The molecule has 2 fully saturated rings. The van der Waals surface area contributed by atoms with E-state index >= 15 is 0 Å². The molecule has 0 bridgehead atoms. The minimum absolute atomic E-state index is 0.0480. The number of ether oxygens (including phenoxy) is 1. The first kappa shape index (κ1) is 18.3. The molecular formula is C20H26N4O2S. The van der Waals surface area contributed by atoms with Gasteiger partial charge in [-0.3, -0.25) is 4.79 Å². The number of carbonyl (C=O) groups is 1. The van der Waals surface area contributed by atoms with E-state index in [0.717, 1.165) is 23.2 Å². The zero-order chi connectivity index (χ0) is 18.8. The van der Waals surface area contributed by atoms with Crippen LogP contribution < -0.4 is 10.1 Å². The highest BCUT2D eigenvalue weighted by Crippen LogP contribution is 2.46. The molecule has 1 atom stereocenters. The number of nitrogens with zero attached hydrogens (tertiary/aromatic N) is 3. The Balaban J connectivity index is 1.29. The minimum atomic E-state index is -0.186. The van der Waals surface area contributed by atoms with Gasteiger partial charge in [0, 0.05) is 18.5 Å². The smallest absolute Gasteiger partial charge is 0.233 e. The van der Waals surface area contributed by atoms with E-state index in [1.165, 1.54) is 43.0 Å². The maximum absolute atomic E-state index is 12.5. The summed E-state index contributed by atoms with van der Waals surface area (Å²) in [5.74, 6) is 2.61. The largest absolute Gasteiger partial charge is 0.497 e. The van der Waals surface area contributed by atoms with Crippen molar-refractivity contribution in [2.24, 2.45) is 0 Å². The SMILES string of the molecule is COc1ccc(CCNC(=O)[C@@H](C)Sc2nnc(C3CC3)n2C2CC2)cc1. The third-order valence-corrected chi connectivity index (χ3v) is 6.13. The van der Waals surface area contributed by atoms with E-state index in [-0.39, 0.29) is 11.2 Å². The van der Waals surface area contributed by atoms with Crippen molar-refractivity contribution in [3.63, 3.8) is 0 Å².